The van der Waals surface area contributed by atoms with Crippen LogP contribution in [0.2, 0.25) is 0 Å². The van der Waals surface area contributed by atoms with Crippen molar-refractivity contribution in [2.24, 2.45) is 0 Å². The molecule has 0 bridgehead atoms. The lowest BCUT2D eigenvalue weighted by Crippen LogP contribution is -2.17. The highest BCUT2D eigenvalue weighted by Crippen LogP contribution is 2.49. The third-order valence-electron chi connectivity index (χ3n) is 9.31. The average Bonchev–Trinajstić information content (AvgIpc) is 3.55. The van der Waals surface area contributed by atoms with Crippen LogP contribution < -0.4 is 4.90 Å². The van der Waals surface area contributed by atoms with Crippen molar-refractivity contribution in [1.29, 1.82) is 0 Å². The molecule has 7 rings (SSSR count). The highest BCUT2D eigenvalue weighted by Gasteiger charge is 2.36. The summed E-state index contributed by atoms with van der Waals surface area (Å²) in [5, 5.41) is 1.27. The number of rotatable bonds is 7. The minimum Gasteiger partial charge on any atom is -0.361 e. The second-order valence-electron chi connectivity index (χ2n) is 12.4. The zero-order valence-corrected chi connectivity index (χ0v) is 26.4. The van der Waals surface area contributed by atoms with Crippen LogP contribution in [0.5, 0.6) is 0 Å². The van der Waals surface area contributed by atoms with E-state index in [-0.39, 0.29) is 5.41 Å². The first kappa shape index (κ1) is 28.4. The van der Waals surface area contributed by atoms with E-state index < -0.39 is 0 Å². The fraction of sp³-hybridized carbons (Fsp3) is 0.116. The topological polar surface area (TPSA) is 19.0 Å². The molecular formula is C43H38N2. The predicted molar refractivity (Wildman–Crippen MR) is 194 cm³/mol. The summed E-state index contributed by atoms with van der Waals surface area (Å²) in [6.45, 7) is 13.0. The number of hydrogen-bond donors (Lipinski definition) is 1. The molecule has 0 spiro atoms. The molecule has 1 N–H and O–H groups in total. The van der Waals surface area contributed by atoms with E-state index >= 15 is 0 Å². The number of anilines is 3. The van der Waals surface area contributed by atoms with E-state index in [2.05, 4.69) is 178 Å². The molecule has 2 heteroatoms. The Balaban J connectivity index is 1.33. The lowest BCUT2D eigenvalue weighted by molar-refractivity contribution is 0.654. The number of hydrogen-bond acceptors (Lipinski definition) is 1. The fourth-order valence-corrected chi connectivity index (χ4v) is 6.88. The molecule has 0 saturated heterocycles. The maximum Gasteiger partial charge on any atom is 0.0465 e. The molecule has 0 saturated carbocycles. The number of H-pyrrole nitrogens is 1. The Morgan fingerprint density at radius 1 is 0.689 bits per heavy atom. The second kappa shape index (κ2) is 11.3. The molecule has 0 radical (unpaired) electrons. The van der Waals surface area contributed by atoms with Gasteiger partial charge < -0.3 is 9.88 Å². The zero-order chi connectivity index (χ0) is 31.1. The summed E-state index contributed by atoms with van der Waals surface area (Å²) in [7, 11) is 0. The van der Waals surface area contributed by atoms with Crippen molar-refractivity contribution in [3.05, 3.63) is 169 Å². The summed E-state index contributed by atoms with van der Waals surface area (Å²) in [5.41, 5.74) is 15.6. The molecular weight excluding hydrogens is 544 g/mol. The summed E-state index contributed by atoms with van der Waals surface area (Å²) in [4.78, 5) is 5.73. The van der Waals surface area contributed by atoms with E-state index in [4.69, 9.17) is 0 Å². The van der Waals surface area contributed by atoms with Crippen LogP contribution in [0.4, 0.5) is 17.1 Å². The Morgan fingerprint density at radius 3 is 1.93 bits per heavy atom. The Kier molecular flexibility index (Phi) is 7.14. The van der Waals surface area contributed by atoms with Crippen LogP contribution in [-0.4, -0.2) is 4.98 Å². The summed E-state index contributed by atoms with van der Waals surface area (Å²) in [5.74, 6) is 0. The standard InChI is InChI=1S/C43H38N2/c1-6-11-37-38-24-23-36(27-41(38)43(4,5)40(37)7-2)45(34-19-14-31(15-20-34)30-12-9-8-10-13-30)35-21-16-32(17-22-35)33-18-25-42-39(26-33)29(3)28-44-42/h6-28,44H,2H2,1,3-5H3/b11-6-. The highest BCUT2D eigenvalue weighted by atomic mass is 15.1. The number of fused-ring (bicyclic) bond motifs is 2. The molecule has 0 atom stereocenters. The first-order valence-corrected chi connectivity index (χ1v) is 15.7. The van der Waals surface area contributed by atoms with E-state index in [9.17, 15) is 0 Å². The molecule has 220 valence electrons. The number of nitrogens with one attached hydrogen (secondary N) is 1. The summed E-state index contributed by atoms with van der Waals surface area (Å²) < 4.78 is 0. The Hall–Kier alpha value is -5.34. The molecule has 0 amide bonds. The van der Waals surface area contributed by atoms with Crippen LogP contribution in [0.1, 0.15) is 37.5 Å². The van der Waals surface area contributed by atoms with Gasteiger partial charge in [0.15, 0.2) is 0 Å². The van der Waals surface area contributed by atoms with Gasteiger partial charge >= 0.3 is 0 Å². The smallest absolute Gasteiger partial charge is 0.0465 e. The van der Waals surface area contributed by atoms with Crippen molar-refractivity contribution in [3.8, 4) is 22.3 Å². The van der Waals surface area contributed by atoms with Crippen LogP contribution in [0.25, 0.3) is 38.7 Å². The van der Waals surface area contributed by atoms with Gasteiger partial charge in [-0.25, -0.2) is 0 Å². The van der Waals surface area contributed by atoms with Crippen molar-refractivity contribution in [2.75, 3.05) is 4.90 Å². The van der Waals surface area contributed by atoms with Gasteiger partial charge in [-0.15, -0.1) is 0 Å². The van der Waals surface area contributed by atoms with E-state index in [1.54, 1.807) is 0 Å². The molecule has 5 aromatic carbocycles. The molecule has 0 aliphatic heterocycles. The van der Waals surface area contributed by atoms with Crippen LogP contribution in [0, 0.1) is 6.92 Å². The highest BCUT2D eigenvalue weighted by molar-refractivity contribution is 5.91. The van der Waals surface area contributed by atoms with Gasteiger partial charge in [-0.05, 0) is 112 Å². The van der Waals surface area contributed by atoms with Gasteiger partial charge in [0, 0.05) is 39.6 Å². The quantitative estimate of drug-likeness (QED) is 0.198. The van der Waals surface area contributed by atoms with Gasteiger partial charge in [0.2, 0.25) is 0 Å². The van der Waals surface area contributed by atoms with Crippen molar-refractivity contribution in [2.45, 2.75) is 33.1 Å². The average molecular weight is 583 g/mol. The summed E-state index contributed by atoms with van der Waals surface area (Å²) >= 11 is 0. The third kappa shape index (κ3) is 4.93. The molecule has 1 heterocycles. The molecule has 45 heavy (non-hydrogen) atoms. The molecule has 2 nitrogen and oxygen atoms in total. The monoisotopic (exact) mass is 582 g/mol. The predicted octanol–water partition coefficient (Wildman–Crippen LogP) is 12.1. The van der Waals surface area contributed by atoms with Gasteiger partial charge in [0.05, 0.1) is 0 Å². The molecule has 6 aromatic rings. The molecule has 1 aromatic heterocycles. The van der Waals surface area contributed by atoms with Gasteiger partial charge in [0.1, 0.15) is 0 Å². The van der Waals surface area contributed by atoms with Crippen LogP contribution in [0.15, 0.2) is 152 Å². The maximum absolute atomic E-state index is 4.19. The lowest BCUT2D eigenvalue weighted by Gasteiger charge is -2.29. The van der Waals surface area contributed by atoms with Crippen molar-refractivity contribution < 1.29 is 0 Å². The van der Waals surface area contributed by atoms with Gasteiger partial charge in [-0.1, -0.05) is 105 Å². The number of nitrogens with zero attached hydrogens (tertiary/aromatic N) is 1. The number of aromatic nitrogens is 1. The Bertz CT molecular complexity index is 2090. The number of allylic oxidation sites excluding steroid dienone is 5. The Morgan fingerprint density at radius 2 is 1.29 bits per heavy atom. The molecule has 0 fully saturated rings. The summed E-state index contributed by atoms with van der Waals surface area (Å²) in [6, 6.07) is 42.0. The Labute approximate surface area is 266 Å². The third-order valence-corrected chi connectivity index (χ3v) is 9.31. The second-order valence-corrected chi connectivity index (χ2v) is 12.4. The minimum absolute atomic E-state index is 0.149. The van der Waals surface area contributed by atoms with Crippen molar-refractivity contribution in [3.63, 3.8) is 0 Å². The SMILES string of the molecule is C=CC1=C(/C=C\C)c2ccc(N(c3ccc(-c4ccccc4)cc3)c3ccc(-c4ccc5[nH]cc(C)c5c4)cc3)cc2C1(C)C. The lowest BCUT2D eigenvalue weighted by atomic mass is 9.81. The molecule has 1 aliphatic carbocycles. The first-order chi connectivity index (χ1) is 21.9. The van der Waals surface area contributed by atoms with E-state index in [1.807, 2.05) is 6.08 Å². The van der Waals surface area contributed by atoms with Gasteiger partial charge in [-0.2, -0.15) is 0 Å². The van der Waals surface area contributed by atoms with E-state index in [0.717, 1.165) is 17.1 Å². The number of aromatic amines is 1. The van der Waals surface area contributed by atoms with Crippen molar-refractivity contribution >= 4 is 33.5 Å². The maximum atomic E-state index is 4.19. The van der Waals surface area contributed by atoms with Gasteiger partial charge in [0.25, 0.3) is 0 Å². The molecule has 1 aliphatic rings. The molecule has 0 unspecified atom stereocenters. The van der Waals surface area contributed by atoms with Crippen LogP contribution in [0.3, 0.4) is 0 Å². The first-order valence-electron chi connectivity index (χ1n) is 15.7. The zero-order valence-electron chi connectivity index (χ0n) is 26.4. The largest absolute Gasteiger partial charge is 0.361 e. The van der Waals surface area contributed by atoms with E-state index in [0.29, 0.717) is 0 Å². The fourth-order valence-electron chi connectivity index (χ4n) is 6.88. The number of aryl methyl sites for hydroxylation is 1. The number of benzene rings is 5. The van der Waals surface area contributed by atoms with Crippen LogP contribution >= 0.6 is 0 Å². The van der Waals surface area contributed by atoms with E-state index in [1.165, 1.54) is 61.0 Å². The van der Waals surface area contributed by atoms with Gasteiger partial charge in [-0.3, -0.25) is 0 Å². The normalized spacial score (nSPS) is 13.9. The van der Waals surface area contributed by atoms with Crippen molar-refractivity contribution in [1.82, 2.24) is 4.98 Å². The van der Waals surface area contributed by atoms with Crippen LogP contribution in [-0.2, 0) is 5.41 Å². The summed E-state index contributed by atoms with van der Waals surface area (Å²) in [6.07, 6.45) is 8.44. The minimum atomic E-state index is -0.149.